The summed E-state index contributed by atoms with van der Waals surface area (Å²) in [5.74, 6) is 0. The zero-order valence-corrected chi connectivity index (χ0v) is 8.51. The van der Waals surface area contributed by atoms with E-state index < -0.39 is 4.92 Å². The summed E-state index contributed by atoms with van der Waals surface area (Å²) < 4.78 is 1.27. The molecule has 2 rings (SSSR count). The van der Waals surface area contributed by atoms with E-state index >= 15 is 0 Å². The first-order valence-corrected chi connectivity index (χ1v) is 4.59. The minimum atomic E-state index is -0.472. The highest BCUT2D eigenvalue weighted by molar-refractivity contribution is 5.69. The molecule has 6 nitrogen and oxygen atoms in total. The average molecular weight is 219 g/mol. The summed E-state index contributed by atoms with van der Waals surface area (Å²) in [5.41, 5.74) is 0.600. The summed E-state index contributed by atoms with van der Waals surface area (Å²) in [6.45, 7) is 0. The first kappa shape index (κ1) is 10.2. The number of aromatic nitrogens is 2. The summed E-state index contributed by atoms with van der Waals surface area (Å²) in [6.07, 6.45) is 0. The van der Waals surface area contributed by atoms with Crippen molar-refractivity contribution in [2.45, 2.75) is 0 Å². The van der Waals surface area contributed by atoms with Crippen LogP contribution in [0.5, 0.6) is 0 Å². The van der Waals surface area contributed by atoms with Gasteiger partial charge in [-0.2, -0.15) is 0 Å². The first-order valence-electron chi connectivity index (χ1n) is 4.59. The maximum absolute atomic E-state index is 11.3. The molecule has 0 unspecified atom stereocenters. The lowest BCUT2D eigenvalue weighted by molar-refractivity contribution is -0.384. The second kappa shape index (κ2) is 3.65. The number of nitro benzene ring substituents is 1. The van der Waals surface area contributed by atoms with Gasteiger partial charge in [0.2, 0.25) is 0 Å². The number of aromatic amines is 1. The van der Waals surface area contributed by atoms with Gasteiger partial charge < -0.3 is 0 Å². The van der Waals surface area contributed by atoms with E-state index in [9.17, 15) is 14.9 Å². The number of hydrogen-bond acceptors (Lipinski definition) is 3. The lowest BCUT2D eigenvalue weighted by Gasteiger charge is -1.99. The van der Waals surface area contributed by atoms with Crippen LogP contribution in [0.3, 0.4) is 0 Å². The molecule has 0 amide bonds. The zero-order chi connectivity index (χ0) is 11.7. The predicted octanol–water partition coefficient (Wildman–Crippen LogP) is 1.29. The van der Waals surface area contributed by atoms with E-state index in [4.69, 9.17) is 0 Å². The molecule has 0 aliphatic carbocycles. The third-order valence-electron chi connectivity index (χ3n) is 2.28. The molecule has 0 aliphatic heterocycles. The first-order chi connectivity index (χ1) is 7.59. The fraction of sp³-hybridized carbons (Fsp3) is 0.100. The smallest absolute Gasteiger partial charge is 0.278 e. The maximum Gasteiger partial charge on any atom is 0.278 e. The molecule has 0 bridgehead atoms. The van der Waals surface area contributed by atoms with Gasteiger partial charge in [-0.05, 0) is 6.07 Å². The zero-order valence-electron chi connectivity index (χ0n) is 8.51. The van der Waals surface area contributed by atoms with Gasteiger partial charge in [0.05, 0.1) is 16.2 Å². The van der Waals surface area contributed by atoms with Crippen molar-refractivity contribution in [2.75, 3.05) is 0 Å². The molecule has 0 saturated carbocycles. The molecule has 1 aromatic heterocycles. The van der Waals surface area contributed by atoms with Gasteiger partial charge in [-0.3, -0.25) is 24.7 Å². The number of nitrogens with one attached hydrogen (secondary N) is 1. The van der Waals surface area contributed by atoms with Crippen molar-refractivity contribution in [1.29, 1.82) is 0 Å². The van der Waals surface area contributed by atoms with E-state index in [0.29, 0.717) is 11.3 Å². The van der Waals surface area contributed by atoms with Gasteiger partial charge in [0, 0.05) is 19.2 Å². The van der Waals surface area contributed by atoms with E-state index in [-0.39, 0.29) is 11.2 Å². The molecule has 1 heterocycles. The molecule has 0 spiro atoms. The largest absolute Gasteiger partial charge is 0.295 e. The quantitative estimate of drug-likeness (QED) is 0.610. The molecule has 1 N–H and O–H groups in total. The molecule has 0 atom stereocenters. The van der Waals surface area contributed by atoms with Gasteiger partial charge in [-0.15, -0.1) is 0 Å². The monoisotopic (exact) mass is 219 g/mol. The number of para-hydroxylation sites is 1. The summed E-state index contributed by atoms with van der Waals surface area (Å²) >= 11 is 0. The number of aryl methyl sites for hydroxylation is 1. The minimum absolute atomic E-state index is 0.0237. The maximum atomic E-state index is 11.3. The molecule has 2 aromatic rings. The Kier molecular flexibility index (Phi) is 2.32. The molecule has 82 valence electrons. The lowest BCUT2D eigenvalue weighted by Crippen LogP contribution is -2.09. The van der Waals surface area contributed by atoms with Crippen LogP contribution >= 0.6 is 0 Å². The Bertz CT molecular complexity index is 597. The van der Waals surface area contributed by atoms with Crippen molar-refractivity contribution in [3.8, 4) is 11.3 Å². The summed E-state index contributed by atoms with van der Waals surface area (Å²) in [7, 11) is 1.56. The van der Waals surface area contributed by atoms with Gasteiger partial charge in [0.15, 0.2) is 0 Å². The van der Waals surface area contributed by atoms with Gasteiger partial charge in [0.1, 0.15) is 0 Å². The molecule has 1 aromatic carbocycles. The van der Waals surface area contributed by atoms with Crippen molar-refractivity contribution < 1.29 is 4.92 Å². The lowest BCUT2D eigenvalue weighted by atomic mass is 10.1. The third kappa shape index (κ3) is 1.60. The van der Waals surface area contributed by atoms with Crippen LogP contribution in [0.25, 0.3) is 11.3 Å². The number of nitro groups is 1. The van der Waals surface area contributed by atoms with E-state index in [1.807, 2.05) is 0 Å². The summed E-state index contributed by atoms with van der Waals surface area (Å²) in [4.78, 5) is 21.6. The molecule has 6 heteroatoms. The van der Waals surface area contributed by atoms with Crippen LogP contribution in [0.4, 0.5) is 5.69 Å². The van der Waals surface area contributed by atoms with Gasteiger partial charge >= 0.3 is 0 Å². The fourth-order valence-corrected chi connectivity index (χ4v) is 1.49. The molecule has 0 saturated heterocycles. The number of hydrogen-bond donors (Lipinski definition) is 1. The Morgan fingerprint density at radius 1 is 1.38 bits per heavy atom. The number of benzene rings is 1. The normalized spacial score (nSPS) is 10.3. The Labute approximate surface area is 90.3 Å². The van der Waals surface area contributed by atoms with Crippen LogP contribution in [0, 0.1) is 10.1 Å². The minimum Gasteiger partial charge on any atom is -0.295 e. The number of rotatable bonds is 2. The second-order valence-corrected chi connectivity index (χ2v) is 3.34. The van der Waals surface area contributed by atoms with Crippen molar-refractivity contribution in [1.82, 2.24) is 9.78 Å². The summed E-state index contributed by atoms with van der Waals surface area (Å²) in [6, 6.07) is 7.61. The van der Waals surface area contributed by atoms with E-state index in [0.717, 1.165) is 0 Å². The van der Waals surface area contributed by atoms with Crippen LogP contribution < -0.4 is 5.56 Å². The topological polar surface area (TPSA) is 80.9 Å². The van der Waals surface area contributed by atoms with Crippen molar-refractivity contribution in [2.24, 2.45) is 7.05 Å². The van der Waals surface area contributed by atoms with E-state index in [1.165, 1.54) is 16.8 Å². The Balaban J connectivity index is 2.64. The standard InChI is InChI=1S/C10H9N3O3/c1-12-10(14)6-8(11-12)7-4-2-3-5-9(7)13(15)16/h2-6,11H,1H3. The Morgan fingerprint density at radius 2 is 2.06 bits per heavy atom. The van der Waals surface area contributed by atoms with Gasteiger partial charge in [-0.25, -0.2) is 0 Å². The SMILES string of the molecule is Cn1[nH]c(-c2ccccc2[N+](=O)[O-])cc1=O. The third-order valence-corrected chi connectivity index (χ3v) is 2.28. The molecule has 0 fully saturated rings. The molecule has 16 heavy (non-hydrogen) atoms. The Morgan fingerprint density at radius 3 is 2.62 bits per heavy atom. The number of nitrogens with zero attached hydrogens (tertiary/aromatic N) is 2. The fourth-order valence-electron chi connectivity index (χ4n) is 1.49. The highest BCUT2D eigenvalue weighted by Gasteiger charge is 2.15. The van der Waals surface area contributed by atoms with Crippen LogP contribution in [0.2, 0.25) is 0 Å². The van der Waals surface area contributed by atoms with Crippen molar-refractivity contribution in [3.63, 3.8) is 0 Å². The highest BCUT2D eigenvalue weighted by atomic mass is 16.6. The van der Waals surface area contributed by atoms with Crippen LogP contribution in [-0.2, 0) is 7.05 Å². The average Bonchev–Trinajstić information content (AvgIpc) is 2.59. The van der Waals surface area contributed by atoms with E-state index in [1.54, 1.807) is 25.2 Å². The van der Waals surface area contributed by atoms with Crippen molar-refractivity contribution in [3.05, 3.63) is 50.8 Å². The molecular weight excluding hydrogens is 210 g/mol. The molecule has 0 aliphatic rings. The summed E-state index contributed by atoms with van der Waals surface area (Å²) in [5, 5.41) is 13.5. The van der Waals surface area contributed by atoms with Gasteiger partial charge in [0.25, 0.3) is 11.2 Å². The van der Waals surface area contributed by atoms with Crippen LogP contribution in [0.15, 0.2) is 35.1 Å². The van der Waals surface area contributed by atoms with Crippen LogP contribution in [0.1, 0.15) is 0 Å². The van der Waals surface area contributed by atoms with Gasteiger partial charge in [-0.1, -0.05) is 12.1 Å². The van der Waals surface area contributed by atoms with E-state index in [2.05, 4.69) is 5.10 Å². The number of H-pyrrole nitrogens is 1. The second-order valence-electron chi connectivity index (χ2n) is 3.34. The highest BCUT2D eigenvalue weighted by Crippen LogP contribution is 2.26. The van der Waals surface area contributed by atoms with Crippen LogP contribution in [-0.4, -0.2) is 14.7 Å². The molecular formula is C10H9N3O3. The Hall–Kier alpha value is -2.37. The van der Waals surface area contributed by atoms with Crippen molar-refractivity contribution >= 4 is 5.69 Å². The molecule has 0 radical (unpaired) electrons. The predicted molar refractivity (Wildman–Crippen MR) is 58.1 cm³/mol.